The van der Waals surface area contributed by atoms with Gasteiger partial charge in [0, 0.05) is 11.1 Å². The van der Waals surface area contributed by atoms with Crippen LogP contribution in [-0.2, 0) is 31.1 Å². The van der Waals surface area contributed by atoms with Crippen LogP contribution in [0.4, 0.5) is 0 Å². The number of rotatable bonds is 2. The van der Waals surface area contributed by atoms with E-state index in [2.05, 4.69) is 45.0 Å². The molecule has 2 aliphatic rings. The van der Waals surface area contributed by atoms with Crippen LogP contribution in [0.15, 0.2) is 30.3 Å². The smallest absolute Gasteiger partial charge is 0.160 e. The van der Waals surface area contributed by atoms with Gasteiger partial charge in [0.2, 0.25) is 0 Å². The van der Waals surface area contributed by atoms with E-state index in [0.717, 1.165) is 59.1 Å². The van der Waals surface area contributed by atoms with Crippen molar-refractivity contribution in [1.82, 2.24) is 0 Å². The third kappa shape index (κ3) is 3.65. The Labute approximate surface area is 156 Å². The van der Waals surface area contributed by atoms with Crippen molar-refractivity contribution in [3.63, 3.8) is 0 Å². The van der Waals surface area contributed by atoms with Gasteiger partial charge in [-0.3, -0.25) is 9.59 Å². The van der Waals surface area contributed by atoms with Crippen molar-refractivity contribution in [2.24, 2.45) is 0 Å². The Kier molecular flexibility index (Phi) is 4.88. The molecule has 0 N–H and O–H groups in total. The maximum Gasteiger partial charge on any atom is 0.160 e. The van der Waals surface area contributed by atoms with Crippen molar-refractivity contribution in [1.29, 1.82) is 0 Å². The first-order valence-corrected chi connectivity index (χ1v) is 9.47. The van der Waals surface area contributed by atoms with Crippen LogP contribution in [0.3, 0.4) is 0 Å². The van der Waals surface area contributed by atoms with Crippen molar-refractivity contribution >= 4 is 11.6 Å². The highest BCUT2D eigenvalue weighted by Gasteiger charge is 2.22. The van der Waals surface area contributed by atoms with E-state index in [0.29, 0.717) is 0 Å². The molecular formula is C24H28O2. The predicted octanol–water partition coefficient (Wildman–Crippen LogP) is 5.27. The Morgan fingerprint density at radius 2 is 1.35 bits per heavy atom. The molecule has 0 atom stereocenters. The highest BCUT2D eigenvalue weighted by molar-refractivity contribution is 5.97. The predicted molar refractivity (Wildman–Crippen MR) is 106 cm³/mol. The normalized spacial score (nSPS) is 14.0. The minimum atomic E-state index is 0.0410. The number of Topliss-reactive ketones (excluding diaryl/α,β-unsaturated/α-hetero) is 2. The van der Waals surface area contributed by atoms with Gasteiger partial charge < -0.3 is 0 Å². The molecule has 0 spiro atoms. The van der Waals surface area contributed by atoms with Crippen LogP contribution in [0, 0.1) is 0 Å². The summed E-state index contributed by atoms with van der Waals surface area (Å²) in [4.78, 5) is 24.5. The Morgan fingerprint density at radius 1 is 0.769 bits per heavy atom. The van der Waals surface area contributed by atoms with Crippen LogP contribution in [0.2, 0.25) is 0 Å². The molecule has 0 aliphatic heterocycles. The summed E-state index contributed by atoms with van der Waals surface area (Å²) in [5.74, 6) is 0.264. The molecular weight excluding hydrogens is 320 g/mol. The third-order valence-electron chi connectivity index (χ3n) is 5.42. The molecule has 136 valence electrons. The molecule has 2 aliphatic carbocycles. The maximum atomic E-state index is 12.4. The lowest BCUT2D eigenvalue weighted by Crippen LogP contribution is -2.16. The van der Waals surface area contributed by atoms with Crippen molar-refractivity contribution in [2.45, 2.75) is 65.7 Å². The quantitative estimate of drug-likeness (QED) is 0.693. The van der Waals surface area contributed by atoms with Crippen LogP contribution in [-0.4, -0.2) is 11.6 Å². The monoisotopic (exact) mass is 348 g/mol. The highest BCUT2D eigenvalue weighted by Crippen LogP contribution is 2.30. The van der Waals surface area contributed by atoms with E-state index < -0.39 is 0 Å². The summed E-state index contributed by atoms with van der Waals surface area (Å²) in [5.41, 5.74) is 7.57. The zero-order valence-corrected chi connectivity index (χ0v) is 16.5. The first-order chi connectivity index (χ1) is 12.2. The van der Waals surface area contributed by atoms with Gasteiger partial charge in [0.25, 0.3) is 0 Å². The fraction of sp³-hybridized carbons (Fsp3) is 0.417. The van der Waals surface area contributed by atoms with Gasteiger partial charge in [-0.15, -0.1) is 0 Å². The first-order valence-electron chi connectivity index (χ1n) is 9.47. The van der Waals surface area contributed by atoms with E-state index >= 15 is 0 Å². The zero-order chi connectivity index (χ0) is 19.1. The average molecular weight is 348 g/mol. The molecule has 4 rings (SSSR count). The molecule has 0 saturated carbocycles. The number of carbonyl (C=O) groups excluding carboxylic acids is 2. The number of benzene rings is 2. The van der Waals surface area contributed by atoms with E-state index in [1.54, 1.807) is 13.8 Å². The zero-order valence-electron chi connectivity index (χ0n) is 16.5. The molecule has 0 amide bonds. The second-order valence-corrected chi connectivity index (χ2v) is 8.52. The fourth-order valence-electron chi connectivity index (χ4n) is 3.92. The van der Waals surface area contributed by atoms with Crippen LogP contribution in [0.25, 0.3) is 0 Å². The van der Waals surface area contributed by atoms with Gasteiger partial charge in [-0.1, -0.05) is 45.0 Å². The number of fused-ring (bicyclic) bond motifs is 4. The molecule has 0 fully saturated rings. The largest absolute Gasteiger partial charge is 0.295 e. The van der Waals surface area contributed by atoms with E-state index in [9.17, 15) is 9.59 Å². The van der Waals surface area contributed by atoms with Crippen molar-refractivity contribution in [3.05, 3.63) is 69.3 Å². The van der Waals surface area contributed by atoms with Crippen molar-refractivity contribution in [2.75, 3.05) is 0 Å². The fourth-order valence-corrected chi connectivity index (χ4v) is 3.92. The molecule has 0 radical (unpaired) electrons. The van der Waals surface area contributed by atoms with E-state index in [-0.39, 0.29) is 17.0 Å². The van der Waals surface area contributed by atoms with E-state index in [4.69, 9.17) is 0 Å². The van der Waals surface area contributed by atoms with Gasteiger partial charge in [0.15, 0.2) is 11.6 Å². The van der Waals surface area contributed by atoms with Gasteiger partial charge >= 0.3 is 0 Å². The van der Waals surface area contributed by atoms with Gasteiger partial charge in [-0.05, 0) is 78.8 Å². The number of ketones is 2. The summed E-state index contributed by atoms with van der Waals surface area (Å²) in [5, 5.41) is 0. The minimum Gasteiger partial charge on any atom is -0.295 e. The highest BCUT2D eigenvalue weighted by atomic mass is 16.1. The lowest BCUT2D eigenvalue weighted by Gasteiger charge is -2.23. The standard InChI is InChI=1S/C24H28O2/c1-15(25)22-12-17-6-8-18(22)10-11-20-14-21(24(3,4)5)13-19(9-7-17)23(20)16(2)26/h6,8,12-14H,7,9-11H2,1-5H3. The van der Waals surface area contributed by atoms with Crippen LogP contribution in [0.1, 0.15) is 83.2 Å². The summed E-state index contributed by atoms with van der Waals surface area (Å²) in [7, 11) is 0. The Bertz CT molecular complexity index is 882. The molecule has 2 heteroatoms. The van der Waals surface area contributed by atoms with Crippen molar-refractivity contribution in [3.8, 4) is 0 Å². The second kappa shape index (κ2) is 6.83. The molecule has 0 aromatic heterocycles. The number of aryl methyl sites for hydroxylation is 4. The van der Waals surface area contributed by atoms with E-state index in [1.165, 1.54) is 5.56 Å². The molecule has 2 nitrogen and oxygen atoms in total. The lowest BCUT2D eigenvalue weighted by atomic mass is 9.81. The SMILES string of the molecule is CC(=O)c1cc2ccc1CCc1cc(C(C)(C)C)cc(c1C(C)=O)CC2. The second-order valence-electron chi connectivity index (χ2n) is 8.52. The topological polar surface area (TPSA) is 34.1 Å². The van der Waals surface area contributed by atoms with Crippen molar-refractivity contribution < 1.29 is 9.59 Å². The summed E-state index contributed by atoms with van der Waals surface area (Å²) < 4.78 is 0. The molecule has 0 heterocycles. The summed E-state index contributed by atoms with van der Waals surface area (Å²) in [6, 6.07) is 10.7. The summed E-state index contributed by atoms with van der Waals surface area (Å²) >= 11 is 0. The third-order valence-corrected chi connectivity index (χ3v) is 5.42. The molecule has 2 aromatic carbocycles. The van der Waals surface area contributed by atoms with Crippen LogP contribution in [0.5, 0.6) is 0 Å². The lowest BCUT2D eigenvalue weighted by molar-refractivity contribution is 0.100. The summed E-state index contributed by atoms with van der Waals surface area (Å²) in [6.07, 6.45) is 3.23. The molecule has 0 saturated heterocycles. The minimum absolute atomic E-state index is 0.0410. The summed E-state index contributed by atoms with van der Waals surface area (Å²) in [6.45, 7) is 9.95. The van der Waals surface area contributed by atoms with Crippen LogP contribution < -0.4 is 0 Å². The molecule has 4 bridgehead atoms. The van der Waals surface area contributed by atoms with Gasteiger partial charge in [-0.25, -0.2) is 0 Å². The van der Waals surface area contributed by atoms with Gasteiger partial charge in [-0.2, -0.15) is 0 Å². The van der Waals surface area contributed by atoms with Gasteiger partial charge in [0.05, 0.1) is 0 Å². The van der Waals surface area contributed by atoms with Crippen LogP contribution >= 0.6 is 0 Å². The Morgan fingerprint density at radius 3 is 1.88 bits per heavy atom. The number of carbonyl (C=O) groups is 2. The van der Waals surface area contributed by atoms with E-state index in [1.807, 2.05) is 6.07 Å². The maximum absolute atomic E-state index is 12.4. The van der Waals surface area contributed by atoms with Gasteiger partial charge in [0.1, 0.15) is 0 Å². The number of hydrogen-bond acceptors (Lipinski definition) is 2. The Balaban J connectivity index is 2.18. The number of hydrogen-bond donors (Lipinski definition) is 0. The average Bonchev–Trinajstić information content (AvgIpc) is 2.58. The molecule has 26 heavy (non-hydrogen) atoms. The molecule has 2 aromatic rings. The Hall–Kier alpha value is -2.22. The molecule has 0 unspecified atom stereocenters. The first kappa shape index (κ1) is 18.6.